The summed E-state index contributed by atoms with van der Waals surface area (Å²) in [6, 6.07) is 5.35. The smallest absolute Gasteiger partial charge is 0.255 e. The summed E-state index contributed by atoms with van der Waals surface area (Å²) in [6.07, 6.45) is 2.79. The van der Waals surface area contributed by atoms with Crippen LogP contribution in [0.2, 0.25) is 0 Å². The predicted molar refractivity (Wildman–Crippen MR) is 109 cm³/mol. The lowest BCUT2D eigenvalue weighted by Gasteiger charge is -2.22. The van der Waals surface area contributed by atoms with Crippen LogP contribution in [0.5, 0.6) is 0 Å². The summed E-state index contributed by atoms with van der Waals surface area (Å²) >= 11 is 0. The highest BCUT2D eigenvalue weighted by atomic mass is 19.1. The second-order valence-corrected chi connectivity index (χ2v) is 7.25. The van der Waals surface area contributed by atoms with Crippen LogP contribution in [0.15, 0.2) is 30.7 Å². The molecule has 0 aliphatic rings. The highest BCUT2D eigenvalue weighted by Gasteiger charge is 2.27. The molecule has 0 radical (unpaired) electrons. The number of carbonyl (C=O) groups is 1. The molecule has 30 heavy (non-hydrogen) atoms. The van der Waals surface area contributed by atoms with Crippen molar-refractivity contribution in [2.45, 2.75) is 32.5 Å². The maximum Gasteiger partial charge on any atom is 0.255 e. The van der Waals surface area contributed by atoms with Gasteiger partial charge in [0.25, 0.3) is 5.91 Å². The third-order valence-electron chi connectivity index (χ3n) is 4.46. The zero-order chi connectivity index (χ0) is 21.9. The van der Waals surface area contributed by atoms with Gasteiger partial charge in [0.15, 0.2) is 11.5 Å². The largest absolute Gasteiger partial charge is 0.387 e. The number of carbonyl (C=O) groups excluding carboxylic acids is 1. The van der Waals surface area contributed by atoms with Crippen molar-refractivity contribution in [2.75, 3.05) is 18.4 Å². The van der Waals surface area contributed by atoms with E-state index in [0.717, 1.165) is 0 Å². The lowest BCUT2D eigenvalue weighted by Crippen LogP contribution is -2.42. The number of halogens is 1. The van der Waals surface area contributed by atoms with Crippen LogP contribution in [0.3, 0.4) is 0 Å². The fraction of sp³-hybridized carbons (Fsp3) is 0.350. The molecule has 0 aliphatic carbocycles. The number of aliphatic hydroxyl groups is 1. The van der Waals surface area contributed by atoms with Crippen LogP contribution in [-0.2, 0) is 0 Å². The van der Waals surface area contributed by atoms with Crippen molar-refractivity contribution in [1.29, 1.82) is 5.26 Å². The molecule has 0 aliphatic heterocycles. The van der Waals surface area contributed by atoms with Crippen LogP contribution in [-0.4, -0.2) is 55.6 Å². The maximum atomic E-state index is 14.0. The fourth-order valence-electron chi connectivity index (χ4n) is 2.76. The SMILES string of the molecule is CCNc1cc(-n2ncc3cc(C#N)cnc32)ncc1C(=O)NC[C@@H](F)C(C)(C)O. The van der Waals surface area contributed by atoms with Crippen LogP contribution in [0, 0.1) is 11.3 Å². The predicted octanol–water partition coefficient (Wildman–Crippen LogP) is 1.96. The fourth-order valence-corrected chi connectivity index (χ4v) is 2.76. The molecule has 3 aromatic rings. The molecule has 3 N–H and O–H groups in total. The monoisotopic (exact) mass is 411 g/mol. The minimum atomic E-state index is -1.61. The number of fused-ring (bicyclic) bond motifs is 1. The molecule has 1 atom stereocenters. The van der Waals surface area contributed by atoms with Gasteiger partial charge in [-0.2, -0.15) is 15.0 Å². The van der Waals surface area contributed by atoms with E-state index in [2.05, 4.69) is 25.7 Å². The Morgan fingerprint density at radius 2 is 2.10 bits per heavy atom. The highest BCUT2D eigenvalue weighted by molar-refractivity contribution is 5.99. The second kappa shape index (κ2) is 8.42. The molecule has 3 heterocycles. The topological polar surface area (TPSA) is 129 Å². The number of amides is 1. The molecule has 0 spiro atoms. The van der Waals surface area contributed by atoms with Crippen molar-refractivity contribution >= 4 is 22.6 Å². The molecule has 0 fully saturated rings. The standard InChI is InChI=1S/C20H22FN7O2/c1-4-23-15-6-17(28-18-13(9-27-28)5-12(7-22)8-25-18)24-10-14(15)19(29)26-11-16(21)20(2,3)30/h5-6,8-10,16,30H,4,11H2,1-3H3,(H,23,24)(H,26,29)/t16-/m1/s1. The number of alkyl halides is 1. The van der Waals surface area contributed by atoms with Crippen LogP contribution in [0.1, 0.15) is 36.7 Å². The number of pyridine rings is 2. The van der Waals surface area contributed by atoms with E-state index in [1.165, 1.54) is 30.9 Å². The Bertz CT molecular complexity index is 1110. The summed E-state index contributed by atoms with van der Waals surface area (Å²) in [6.45, 7) is 4.77. The molecule has 1 amide bonds. The molecule has 156 valence electrons. The summed E-state index contributed by atoms with van der Waals surface area (Å²) in [5.41, 5.74) is 0.120. The molecule has 3 rings (SSSR count). The molecule has 0 bridgehead atoms. The van der Waals surface area contributed by atoms with E-state index in [4.69, 9.17) is 5.26 Å². The van der Waals surface area contributed by atoms with Crippen molar-refractivity contribution in [3.63, 3.8) is 0 Å². The molecule has 3 aromatic heterocycles. The number of aromatic nitrogens is 4. The van der Waals surface area contributed by atoms with Gasteiger partial charge in [0, 0.05) is 30.4 Å². The van der Waals surface area contributed by atoms with Crippen LogP contribution < -0.4 is 10.6 Å². The van der Waals surface area contributed by atoms with E-state index < -0.39 is 17.7 Å². The summed E-state index contributed by atoms with van der Waals surface area (Å²) in [5.74, 6) is -0.0893. The molecule has 9 nitrogen and oxygen atoms in total. The number of hydrogen-bond acceptors (Lipinski definition) is 7. The van der Waals surface area contributed by atoms with Gasteiger partial charge in [-0.15, -0.1) is 0 Å². The normalized spacial score (nSPS) is 12.4. The number of nitrogens with zero attached hydrogens (tertiary/aromatic N) is 5. The van der Waals surface area contributed by atoms with Gasteiger partial charge < -0.3 is 15.7 Å². The first-order valence-corrected chi connectivity index (χ1v) is 9.37. The highest BCUT2D eigenvalue weighted by Crippen LogP contribution is 2.21. The van der Waals surface area contributed by atoms with Crippen molar-refractivity contribution in [3.05, 3.63) is 41.9 Å². The van der Waals surface area contributed by atoms with Gasteiger partial charge in [-0.3, -0.25) is 4.79 Å². The molecular weight excluding hydrogens is 389 g/mol. The summed E-state index contributed by atoms with van der Waals surface area (Å²) in [4.78, 5) is 21.1. The van der Waals surface area contributed by atoms with Gasteiger partial charge in [0.2, 0.25) is 0 Å². The van der Waals surface area contributed by atoms with Gasteiger partial charge in [0.05, 0.1) is 35.2 Å². The summed E-state index contributed by atoms with van der Waals surface area (Å²) < 4.78 is 15.5. The first-order chi connectivity index (χ1) is 14.2. The lowest BCUT2D eigenvalue weighted by molar-refractivity contribution is -0.00177. The number of anilines is 1. The lowest BCUT2D eigenvalue weighted by atomic mass is 10.0. The van der Waals surface area contributed by atoms with Crippen molar-refractivity contribution in [1.82, 2.24) is 25.1 Å². The maximum absolute atomic E-state index is 14.0. The second-order valence-electron chi connectivity index (χ2n) is 7.25. The summed E-state index contributed by atoms with van der Waals surface area (Å²) in [7, 11) is 0. The van der Waals surface area contributed by atoms with E-state index in [9.17, 15) is 14.3 Å². The van der Waals surface area contributed by atoms with Crippen LogP contribution in [0.4, 0.5) is 10.1 Å². The van der Waals surface area contributed by atoms with Gasteiger partial charge >= 0.3 is 0 Å². The first kappa shape index (κ1) is 21.1. The van der Waals surface area contributed by atoms with Crippen molar-refractivity contribution < 1.29 is 14.3 Å². The van der Waals surface area contributed by atoms with Gasteiger partial charge in [-0.25, -0.2) is 14.4 Å². The average Bonchev–Trinajstić information content (AvgIpc) is 3.14. The molecule has 10 heteroatoms. The van der Waals surface area contributed by atoms with E-state index in [1.54, 1.807) is 18.3 Å². The first-order valence-electron chi connectivity index (χ1n) is 9.37. The van der Waals surface area contributed by atoms with Gasteiger partial charge in [0.1, 0.15) is 12.2 Å². The van der Waals surface area contributed by atoms with Crippen LogP contribution in [0.25, 0.3) is 16.9 Å². The van der Waals surface area contributed by atoms with E-state index >= 15 is 0 Å². The van der Waals surface area contributed by atoms with E-state index in [-0.39, 0.29) is 12.1 Å². The minimum Gasteiger partial charge on any atom is -0.387 e. The Balaban J connectivity index is 1.90. The van der Waals surface area contributed by atoms with E-state index in [0.29, 0.717) is 34.6 Å². The zero-order valence-corrected chi connectivity index (χ0v) is 16.8. The quantitative estimate of drug-likeness (QED) is 0.542. The number of nitriles is 1. The third-order valence-corrected chi connectivity index (χ3v) is 4.46. The number of hydrogen-bond donors (Lipinski definition) is 3. The number of nitrogens with one attached hydrogen (secondary N) is 2. The summed E-state index contributed by atoms with van der Waals surface area (Å²) in [5, 5.41) is 29.2. The molecule has 0 aromatic carbocycles. The molecule has 0 saturated carbocycles. The Kier molecular flexibility index (Phi) is 5.94. The Morgan fingerprint density at radius 3 is 2.77 bits per heavy atom. The third kappa shape index (κ3) is 4.36. The molecule has 0 saturated heterocycles. The Morgan fingerprint density at radius 1 is 1.33 bits per heavy atom. The molecular formula is C20H22FN7O2. The van der Waals surface area contributed by atoms with Crippen LogP contribution >= 0.6 is 0 Å². The molecule has 0 unspecified atom stereocenters. The van der Waals surface area contributed by atoms with Crippen molar-refractivity contribution in [3.8, 4) is 11.9 Å². The Labute approximate surface area is 172 Å². The van der Waals surface area contributed by atoms with Gasteiger partial charge in [-0.05, 0) is 26.8 Å². The van der Waals surface area contributed by atoms with E-state index in [1.807, 2.05) is 13.0 Å². The van der Waals surface area contributed by atoms with Crippen molar-refractivity contribution in [2.24, 2.45) is 0 Å². The Hall–Kier alpha value is -3.58. The average molecular weight is 411 g/mol. The van der Waals surface area contributed by atoms with Gasteiger partial charge in [-0.1, -0.05) is 0 Å². The number of rotatable bonds is 7. The minimum absolute atomic E-state index is 0.236. The zero-order valence-electron chi connectivity index (χ0n) is 16.8.